The molecule has 2 aromatic carbocycles. The Labute approximate surface area is 131 Å². The Balaban J connectivity index is 1.89. The minimum Gasteiger partial charge on any atom is -0.236 e. The average Bonchev–Trinajstić information content (AvgIpc) is 2.56. The van der Waals surface area contributed by atoms with Crippen molar-refractivity contribution in [1.29, 1.82) is 0 Å². The largest absolute Gasteiger partial charge is 0.236 e. The molecular formula is C20H20N2. The minimum absolute atomic E-state index is 0.621. The van der Waals surface area contributed by atoms with E-state index in [0.717, 1.165) is 17.8 Å². The fourth-order valence-corrected chi connectivity index (χ4v) is 2.55. The van der Waals surface area contributed by atoms with Gasteiger partial charge in [-0.1, -0.05) is 62.4 Å². The van der Waals surface area contributed by atoms with Gasteiger partial charge >= 0.3 is 0 Å². The molecule has 0 saturated carbocycles. The summed E-state index contributed by atoms with van der Waals surface area (Å²) in [7, 11) is 0. The molecule has 0 fully saturated rings. The van der Waals surface area contributed by atoms with Gasteiger partial charge < -0.3 is 0 Å². The number of hydrogen-bond acceptors (Lipinski definition) is 2. The molecule has 3 rings (SSSR count). The molecular weight excluding hydrogens is 268 g/mol. The summed E-state index contributed by atoms with van der Waals surface area (Å²) in [5.74, 6) is 1.40. The SMILES string of the molecule is CC(C)Cc1cnc(-c2cccc(-c3ccccc3)c2)nc1. The summed E-state index contributed by atoms with van der Waals surface area (Å²) < 4.78 is 0. The zero-order chi connectivity index (χ0) is 15.4. The minimum atomic E-state index is 0.621. The Kier molecular flexibility index (Phi) is 4.29. The summed E-state index contributed by atoms with van der Waals surface area (Å²) >= 11 is 0. The zero-order valence-electron chi connectivity index (χ0n) is 13.0. The third-order valence-electron chi connectivity index (χ3n) is 3.58. The topological polar surface area (TPSA) is 25.8 Å². The number of nitrogens with zero attached hydrogens (tertiary/aromatic N) is 2. The zero-order valence-corrected chi connectivity index (χ0v) is 13.0. The van der Waals surface area contributed by atoms with Gasteiger partial charge in [-0.3, -0.25) is 0 Å². The molecule has 0 aliphatic heterocycles. The van der Waals surface area contributed by atoms with Crippen molar-refractivity contribution in [2.45, 2.75) is 20.3 Å². The summed E-state index contributed by atoms with van der Waals surface area (Å²) in [6.07, 6.45) is 4.90. The van der Waals surface area contributed by atoms with Crippen molar-refractivity contribution in [3.63, 3.8) is 0 Å². The number of aromatic nitrogens is 2. The van der Waals surface area contributed by atoms with Crippen LogP contribution in [0.1, 0.15) is 19.4 Å². The van der Waals surface area contributed by atoms with E-state index in [1.54, 1.807) is 0 Å². The van der Waals surface area contributed by atoms with E-state index in [0.29, 0.717) is 5.92 Å². The molecule has 0 bridgehead atoms. The molecule has 0 N–H and O–H groups in total. The number of hydrogen-bond donors (Lipinski definition) is 0. The number of rotatable bonds is 4. The van der Waals surface area contributed by atoms with Crippen molar-refractivity contribution in [2.75, 3.05) is 0 Å². The van der Waals surface area contributed by atoms with E-state index >= 15 is 0 Å². The monoisotopic (exact) mass is 288 g/mol. The molecule has 0 saturated heterocycles. The van der Waals surface area contributed by atoms with Crippen LogP contribution >= 0.6 is 0 Å². The molecule has 0 spiro atoms. The fourth-order valence-electron chi connectivity index (χ4n) is 2.55. The van der Waals surface area contributed by atoms with Gasteiger partial charge in [0.1, 0.15) is 0 Å². The smallest absolute Gasteiger partial charge is 0.159 e. The fraction of sp³-hybridized carbons (Fsp3) is 0.200. The highest BCUT2D eigenvalue weighted by molar-refractivity contribution is 5.70. The molecule has 0 unspecified atom stereocenters. The molecule has 0 amide bonds. The third kappa shape index (κ3) is 3.40. The molecule has 0 aliphatic rings. The molecule has 1 aromatic heterocycles. The van der Waals surface area contributed by atoms with Crippen LogP contribution in [0.2, 0.25) is 0 Å². The molecule has 0 atom stereocenters. The maximum absolute atomic E-state index is 4.53. The highest BCUT2D eigenvalue weighted by Crippen LogP contribution is 2.24. The first kappa shape index (κ1) is 14.5. The summed E-state index contributed by atoms with van der Waals surface area (Å²) in [6, 6.07) is 18.8. The highest BCUT2D eigenvalue weighted by atomic mass is 14.9. The van der Waals surface area contributed by atoms with Crippen molar-refractivity contribution in [3.05, 3.63) is 72.6 Å². The van der Waals surface area contributed by atoms with Gasteiger partial charge in [0.15, 0.2) is 5.82 Å². The number of benzene rings is 2. The van der Waals surface area contributed by atoms with E-state index in [9.17, 15) is 0 Å². The van der Waals surface area contributed by atoms with Crippen LogP contribution in [0.15, 0.2) is 67.0 Å². The standard InChI is InChI=1S/C20H20N2/c1-15(2)11-16-13-21-20(22-14-16)19-10-6-9-18(12-19)17-7-4-3-5-8-17/h3-10,12-15H,11H2,1-2H3. The van der Waals surface area contributed by atoms with Crippen molar-refractivity contribution in [2.24, 2.45) is 5.92 Å². The first-order chi connectivity index (χ1) is 10.7. The van der Waals surface area contributed by atoms with Crippen LogP contribution in [0.25, 0.3) is 22.5 Å². The Morgan fingerprint density at radius 1 is 0.773 bits per heavy atom. The van der Waals surface area contributed by atoms with Crippen molar-refractivity contribution in [1.82, 2.24) is 9.97 Å². The van der Waals surface area contributed by atoms with Gasteiger partial charge in [-0.15, -0.1) is 0 Å². The molecule has 0 radical (unpaired) electrons. The lowest BCUT2D eigenvalue weighted by molar-refractivity contribution is 0.644. The van der Waals surface area contributed by atoms with E-state index in [4.69, 9.17) is 0 Å². The third-order valence-corrected chi connectivity index (χ3v) is 3.58. The van der Waals surface area contributed by atoms with Crippen molar-refractivity contribution < 1.29 is 0 Å². The highest BCUT2D eigenvalue weighted by Gasteiger charge is 2.05. The van der Waals surface area contributed by atoms with Crippen LogP contribution in [0.4, 0.5) is 0 Å². The maximum Gasteiger partial charge on any atom is 0.159 e. The molecule has 2 nitrogen and oxygen atoms in total. The van der Waals surface area contributed by atoms with Gasteiger partial charge in [-0.05, 0) is 35.1 Å². The van der Waals surface area contributed by atoms with E-state index < -0.39 is 0 Å². The van der Waals surface area contributed by atoms with Gasteiger partial charge in [-0.2, -0.15) is 0 Å². The quantitative estimate of drug-likeness (QED) is 0.674. The van der Waals surface area contributed by atoms with Gasteiger partial charge in [0.25, 0.3) is 0 Å². The van der Waals surface area contributed by atoms with Gasteiger partial charge in [0, 0.05) is 18.0 Å². The summed E-state index contributed by atoms with van der Waals surface area (Å²) in [5.41, 5.74) is 4.64. The molecule has 3 aromatic rings. The normalized spacial score (nSPS) is 10.9. The second kappa shape index (κ2) is 6.52. The summed E-state index contributed by atoms with van der Waals surface area (Å²) in [6.45, 7) is 4.41. The van der Waals surface area contributed by atoms with E-state index in [1.807, 2.05) is 18.5 Å². The second-order valence-electron chi connectivity index (χ2n) is 5.96. The van der Waals surface area contributed by atoms with E-state index in [2.05, 4.69) is 72.3 Å². The molecule has 2 heteroatoms. The van der Waals surface area contributed by atoms with Gasteiger partial charge in [-0.25, -0.2) is 9.97 Å². The lowest BCUT2D eigenvalue weighted by atomic mass is 10.0. The maximum atomic E-state index is 4.53. The van der Waals surface area contributed by atoms with Crippen LogP contribution in [-0.2, 0) is 6.42 Å². The predicted octanol–water partition coefficient (Wildman–Crippen LogP) is 5.01. The Morgan fingerprint density at radius 3 is 2.09 bits per heavy atom. The Morgan fingerprint density at radius 2 is 1.41 bits per heavy atom. The van der Waals surface area contributed by atoms with Crippen LogP contribution in [0, 0.1) is 5.92 Å². The van der Waals surface area contributed by atoms with Crippen LogP contribution < -0.4 is 0 Å². The Bertz CT molecular complexity index is 731. The van der Waals surface area contributed by atoms with Crippen LogP contribution in [0.3, 0.4) is 0 Å². The van der Waals surface area contributed by atoms with Gasteiger partial charge in [0.05, 0.1) is 0 Å². The first-order valence-electron chi connectivity index (χ1n) is 7.69. The first-order valence-corrected chi connectivity index (χ1v) is 7.69. The lowest BCUT2D eigenvalue weighted by Crippen LogP contribution is -1.97. The molecule has 110 valence electrons. The Hall–Kier alpha value is -2.48. The van der Waals surface area contributed by atoms with Crippen LogP contribution in [-0.4, -0.2) is 9.97 Å². The second-order valence-corrected chi connectivity index (χ2v) is 5.96. The van der Waals surface area contributed by atoms with Crippen molar-refractivity contribution in [3.8, 4) is 22.5 Å². The predicted molar refractivity (Wildman–Crippen MR) is 91.4 cm³/mol. The van der Waals surface area contributed by atoms with E-state index in [-0.39, 0.29) is 0 Å². The van der Waals surface area contributed by atoms with Gasteiger partial charge in [0.2, 0.25) is 0 Å². The van der Waals surface area contributed by atoms with Crippen molar-refractivity contribution >= 4 is 0 Å². The van der Waals surface area contributed by atoms with Crippen LogP contribution in [0.5, 0.6) is 0 Å². The lowest BCUT2D eigenvalue weighted by Gasteiger charge is -2.07. The molecule has 1 heterocycles. The molecule has 0 aliphatic carbocycles. The summed E-state index contributed by atoms with van der Waals surface area (Å²) in [5, 5.41) is 0. The van der Waals surface area contributed by atoms with E-state index in [1.165, 1.54) is 16.7 Å². The molecule has 22 heavy (non-hydrogen) atoms. The average molecular weight is 288 g/mol. The summed E-state index contributed by atoms with van der Waals surface area (Å²) in [4.78, 5) is 9.05.